The fourth-order valence-electron chi connectivity index (χ4n) is 0. The van der Waals surface area contributed by atoms with Crippen LogP contribution in [0.4, 0.5) is 0 Å². The standard InChI is InChI=1S/C2H8N2.4C2H4O2.2K.2H/c3-1-2-4;4*1-2(3)4;;;;/h1-4H2;4*1H3,(H,3,4);;;;/q;;;;;2*+1;2*-1/p+2. The summed E-state index contributed by atoms with van der Waals surface area (Å²) in [4.78, 5) is 36.0. The number of hydrogen-bond acceptors (Lipinski definition) is 6. The molecule has 126 valence electrons. The van der Waals surface area contributed by atoms with Gasteiger partial charge in [-0.05, 0) is 0 Å². The van der Waals surface area contributed by atoms with Crippen LogP contribution in [-0.4, -0.2) is 57.4 Å². The number of hydrogen-bond donors (Lipinski definition) is 6. The first kappa shape index (κ1) is 43.5. The Hall–Kier alpha value is 1.07. The van der Waals surface area contributed by atoms with E-state index in [-0.39, 0.29) is 108 Å². The largest absolute Gasteiger partial charge is 1.00 e. The van der Waals surface area contributed by atoms with E-state index in [9.17, 15) is 0 Å². The molecule has 10 nitrogen and oxygen atoms in total. The van der Waals surface area contributed by atoms with Crippen LogP contribution in [0.5, 0.6) is 0 Å². The van der Waals surface area contributed by atoms with Gasteiger partial charge in [0.25, 0.3) is 23.9 Å². The van der Waals surface area contributed by atoms with Crippen LogP contribution < -0.4 is 114 Å². The van der Waals surface area contributed by atoms with E-state index in [4.69, 9.17) is 51.1 Å². The molecule has 8 N–H and O–H groups in total. The van der Waals surface area contributed by atoms with Crippen molar-refractivity contribution in [3.8, 4) is 0 Å². The van der Waals surface area contributed by atoms with Gasteiger partial charge in [-0.2, -0.15) is 0 Å². The van der Waals surface area contributed by atoms with Crippen LogP contribution in [0.2, 0.25) is 0 Å². The molecule has 0 saturated heterocycles. The minimum atomic E-state index is -0.833. The van der Waals surface area contributed by atoms with Gasteiger partial charge < -0.3 is 34.7 Å². The van der Waals surface area contributed by atoms with Gasteiger partial charge in [0.1, 0.15) is 0 Å². The summed E-state index contributed by atoms with van der Waals surface area (Å²) in [5.74, 6) is -3.33. The van der Waals surface area contributed by atoms with Gasteiger partial charge in [-0.15, -0.1) is 0 Å². The zero-order chi connectivity index (χ0) is 17.7. The minimum Gasteiger partial charge on any atom is -1.00 e. The van der Waals surface area contributed by atoms with E-state index in [2.05, 4.69) is 0 Å². The average Bonchev–Trinajstić information content (AvgIpc) is 2.13. The second-order valence-corrected chi connectivity index (χ2v) is 2.65. The number of aliphatic carboxylic acids is 4. The van der Waals surface area contributed by atoms with Gasteiger partial charge in [0.2, 0.25) is 0 Å². The molecule has 0 aliphatic rings. The van der Waals surface area contributed by atoms with Gasteiger partial charge in [-0.3, -0.25) is 19.2 Å². The Kier molecular flexibility index (Phi) is 85.3. The predicted molar refractivity (Wildman–Crippen MR) is 75.8 cm³/mol. The van der Waals surface area contributed by atoms with E-state index in [1.807, 2.05) is 0 Å². The number of nitrogens with two attached hydrogens (primary N) is 2. The van der Waals surface area contributed by atoms with Crippen LogP contribution >= 0.6 is 0 Å². The normalized spacial score (nSPS) is 5.91. The van der Waals surface area contributed by atoms with E-state index in [0.29, 0.717) is 13.1 Å². The molecule has 0 atom stereocenters. The number of rotatable bonds is 1. The third-order valence-corrected chi connectivity index (χ3v) is 0.167. The number of carbonyl (C=O) groups is 4. The number of carboxylic acid groups (broad SMARTS) is 4. The molecule has 0 aromatic rings. The van der Waals surface area contributed by atoms with Crippen LogP contribution in [0.3, 0.4) is 0 Å². The fourth-order valence-corrected chi connectivity index (χ4v) is 0. The Bertz CT molecular complexity index is 215. The molecular formula is C10H28K2N2O8+2. The molecule has 0 aliphatic heterocycles. The summed E-state index contributed by atoms with van der Waals surface area (Å²) < 4.78 is 0. The van der Waals surface area contributed by atoms with Gasteiger partial charge >= 0.3 is 106 Å². The summed E-state index contributed by atoms with van der Waals surface area (Å²) in [7, 11) is 0. The van der Waals surface area contributed by atoms with Crippen molar-refractivity contribution >= 4 is 23.9 Å². The minimum absolute atomic E-state index is 0. The summed E-state index contributed by atoms with van der Waals surface area (Å²) in [5.41, 5.74) is 9.81. The van der Waals surface area contributed by atoms with E-state index in [1.54, 1.807) is 0 Å². The van der Waals surface area contributed by atoms with Crippen LogP contribution in [-0.2, 0) is 19.2 Å². The van der Waals surface area contributed by atoms with E-state index >= 15 is 0 Å². The van der Waals surface area contributed by atoms with Crippen LogP contribution in [0.1, 0.15) is 33.4 Å². The summed E-state index contributed by atoms with van der Waals surface area (Å²) in [6.07, 6.45) is 0. The Morgan fingerprint density at radius 1 is 0.682 bits per heavy atom. The first-order chi connectivity index (χ1) is 8.84. The molecule has 0 saturated carbocycles. The van der Waals surface area contributed by atoms with Gasteiger partial charge in [-0.1, -0.05) is 0 Å². The van der Waals surface area contributed by atoms with Crippen LogP contribution in [0, 0.1) is 0 Å². The Morgan fingerprint density at radius 2 is 0.727 bits per heavy atom. The molecular weight excluding hydrogens is 354 g/mol. The Morgan fingerprint density at radius 3 is 0.727 bits per heavy atom. The van der Waals surface area contributed by atoms with Crippen molar-refractivity contribution in [2.45, 2.75) is 27.7 Å². The summed E-state index contributed by atoms with van der Waals surface area (Å²) >= 11 is 0. The first-order valence-corrected chi connectivity index (χ1v) is 5.03. The third-order valence-electron chi connectivity index (χ3n) is 0.167. The molecule has 22 heavy (non-hydrogen) atoms. The first-order valence-electron chi connectivity index (χ1n) is 5.03. The van der Waals surface area contributed by atoms with Gasteiger partial charge in [-0.25, -0.2) is 0 Å². The Balaban J connectivity index is -0.0000000114. The number of carboxylic acids is 4. The maximum Gasteiger partial charge on any atom is 1.00 e. The molecule has 0 rings (SSSR count). The van der Waals surface area contributed by atoms with E-state index in [0.717, 1.165) is 27.7 Å². The third kappa shape index (κ3) is 1980. The molecule has 0 amide bonds. The van der Waals surface area contributed by atoms with Crippen molar-refractivity contribution in [2.24, 2.45) is 11.5 Å². The van der Waals surface area contributed by atoms with Gasteiger partial charge in [0.05, 0.1) is 0 Å². The summed E-state index contributed by atoms with van der Waals surface area (Å²) in [6.45, 7) is 5.53. The molecule has 0 fully saturated rings. The second-order valence-electron chi connectivity index (χ2n) is 2.65. The molecule has 0 unspecified atom stereocenters. The molecule has 0 aromatic heterocycles. The van der Waals surface area contributed by atoms with Crippen LogP contribution in [0.15, 0.2) is 0 Å². The maximum absolute atomic E-state index is 9.00. The van der Waals surface area contributed by atoms with Gasteiger partial charge in [0, 0.05) is 40.8 Å². The van der Waals surface area contributed by atoms with Crippen molar-refractivity contribution in [1.29, 1.82) is 0 Å². The molecule has 12 heteroatoms. The summed E-state index contributed by atoms with van der Waals surface area (Å²) in [6, 6.07) is 0. The monoisotopic (exact) mass is 382 g/mol. The molecule has 0 spiro atoms. The molecule has 0 heterocycles. The van der Waals surface area contributed by atoms with Crippen molar-refractivity contribution in [3.05, 3.63) is 0 Å². The zero-order valence-electron chi connectivity index (χ0n) is 18.0. The smallest absolute Gasteiger partial charge is 1.00 e. The maximum atomic E-state index is 9.00. The van der Waals surface area contributed by atoms with E-state index < -0.39 is 23.9 Å². The second kappa shape index (κ2) is 43.1. The predicted octanol–water partition coefficient (Wildman–Crippen LogP) is -6.27. The zero-order valence-corrected chi connectivity index (χ0v) is 20.2. The van der Waals surface area contributed by atoms with Gasteiger partial charge in [0.15, 0.2) is 0 Å². The quantitative estimate of drug-likeness (QED) is 0.237. The fraction of sp³-hybridized carbons (Fsp3) is 0.600. The van der Waals surface area contributed by atoms with Crippen molar-refractivity contribution in [2.75, 3.05) is 13.1 Å². The molecule has 0 radical (unpaired) electrons. The summed E-state index contributed by atoms with van der Waals surface area (Å²) in [5, 5.41) is 29.7. The van der Waals surface area contributed by atoms with Crippen molar-refractivity contribution in [1.82, 2.24) is 0 Å². The van der Waals surface area contributed by atoms with E-state index in [1.165, 1.54) is 0 Å². The van der Waals surface area contributed by atoms with Crippen molar-refractivity contribution < 1.29 is 148 Å². The SMILES string of the molecule is CC(=O)O.CC(=O)O.CC(=O)O.CC(=O)O.NCCN.[H+].[H+].[H-].[H-].[K+].[K+]. The molecule has 0 aromatic carbocycles. The Labute approximate surface area is 220 Å². The van der Waals surface area contributed by atoms with Crippen LogP contribution in [0.25, 0.3) is 0 Å². The molecule has 0 bridgehead atoms. The topological polar surface area (TPSA) is 201 Å². The van der Waals surface area contributed by atoms with Crippen molar-refractivity contribution in [3.63, 3.8) is 0 Å². The average molecular weight is 383 g/mol. The molecule has 0 aliphatic carbocycles.